The SMILES string of the molecule is CCOc1cc(-c2ccccc2)sc1C(=O)N1CCC(C(=O)NC)CC1. The van der Waals surface area contributed by atoms with Gasteiger partial charge in [0, 0.05) is 30.9 Å². The highest BCUT2D eigenvalue weighted by molar-refractivity contribution is 7.17. The van der Waals surface area contributed by atoms with Crippen molar-refractivity contribution >= 4 is 23.2 Å². The second-order valence-electron chi connectivity index (χ2n) is 6.28. The summed E-state index contributed by atoms with van der Waals surface area (Å²) in [5, 5.41) is 2.70. The molecule has 2 amide bonds. The minimum Gasteiger partial charge on any atom is -0.492 e. The number of likely N-dealkylation sites (tertiary alicyclic amines) is 1. The Morgan fingerprint density at radius 2 is 1.92 bits per heavy atom. The number of amides is 2. The van der Waals surface area contributed by atoms with Crippen LogP contribution in [0.2, 0.25) is 0 Å². The van der Waals surface area contributed by atoms with Gasteiger partial charge in [-0.25, -0.2) is 0 Å². The first-order valence-corrected chi connectivity index (χ1v) is 9.78. The van der Waals surface area contributed by atoms with Gasteiger partial charge in [0.1, 0.15) is 10.6 Å². The molecule has 26 heavy (non-hydrogen) atoms. The second-order valence-corrected chi connectivity index (χ2v) is 7.34. The summed E-state index contributed by atoms with van der Waals surface area (Å²) in [4.78, 5) is 28.3. The van der Waals surface area contributed by atoms with Crippen molar-refractivity contribution in [2.45, 2.75) is 19.8 Å². The van der Waals surface area contributed by atoms with Gasteiger partial charge in [-0.15, -0.1) is 11.3 Å². The van der Waals surface area contributed by atoms with E-state index in [2.05, 4.69) is 5.32 Å². The summed E-state index contributed by atoms with van der Waals surface area (Å²) in [7, 11) is 1.66. The molecule has 5 nitrogen and oxygen atoms in total. The van der Waals surface area contributed by atoms with Gasteiger partial charge in [-0.2, -0.15) is 0 Å². The molecule has 0 spiro atoms. The first-order chi connectivity index (χ1) is 12.6. The number of nitrogens with one attached hydrogen (secondary N) is 1. The highest BCUT2D eigenvalue weighted by Crippen LogP contribution is 2.37. The summed E-state index contributed by atoms with van der Waals surface area (Å²) in [6, 6.07) is 12.0. The number of carbonyl (C=O) groups excluding carboxylic acids is 2. The van der Waals surface area contributed by atoms with Gasteiger partial charge in [0.2, 0.25) is 5.91 Å². The number of piperidine rings is 1. The van der Waals surface area contributed by atoms with E-state index in [9.17, 15) is 9.59 Å². The van der Waals surface area contributed by atoms with E-state index >= 15 is 0 Å². The van der Waals surface area contributed by atoms with E-state index in [1.165, 1.54) is 11.3 Å². The number of thiophene rings is 1. The molecule has 0 bridgehead atoms. The van der Waals surface area contributed by atoms with E-state index in [1.807, 2.05) is 48.2 Å². The monoisotopic (exact) mass is 372 g/mol. The highest BCUT2D eigenvalue weighted by Gasteiger charge is 2.29. The first kappa shape index (κ1) is 18.5. The van der Waals surface area contributed by atoms with Gasteiger partial charge >= 0.3 is 0 Å². The molecule has 2 aromatic rings. The van der Waals surface area contributed by atoms with Gasteiger partial charge in [0.15, 0.2) is 0 Å². The molecule has 1 aromatic heterocycles. The predicted molar refractivity (Wildman–Crippen MR) is 104 cm³/mol. The highest BCUT2D eigenvalue weighted by atomic mass is 32.1. The van der Waals surface area contributed by atoms with Crippen LogP contribution in [0.1, 0.15) is 29.4 Å². The van der Waals surface area contributed by atoms with Crippen molar-refractivity contribution in [3.8, 4) is 16.2 Å². The third-order valence-electron chi connectivity index (χ3n) is 4.65. The molecule has 138 valence electrons. The van der Waals surface area contributed by atoms with Gasteiger partial charge in [-0.3, -0.25) is 9.59 Å². The first-order valence-electron chi connectivity index (χ1n) is 8.97. The largest absolute Gasteiger partial charge is 0.492 e. The Bertz CT molecular complexity index is 765. The quantitative estimate of drug-likeness (QED) is 0.875. The number of ether oxygens (including phenoxy) is 1. The van der Waals surface area contributed by atoms with E-state index in [-0.39, 0.29) is 17.7 Å². The summed E-state index contributed by atoms with van der Waals surface area (Å²) < 4.78 is 5.73. The van der Waals surface area contributed by atoms with Crippen LogP contribution < -0.4 is 10.1 Å². The van der Waals surface area contributed by atoms with Crippen LogP contribution in [0.3, 0.4) is 0 Å². The molecule has 0 radical (unpaired) electrons. The summed E-state index contributed by atoms with van der Waals surface area (Å²) >= 11 is 1.47. The van der Waals surface area contributed by atoms with Crippen molar-refractivity contribution in [2.24, 2.45) is 5.92 Å². The normalized spacial score (nSPS) is 14.9. The van der Waals surface area contributed by atoms with Crippen LogP contribution in [0.5, 0.6) is 5.75 Å². The van der Waals surface area contributed by atoms with Crippen LogP contribution in [0, 0.1) is 5.92 Å². The number of rotatable bonds is 5. The third-order valence-corrected chi connectivity index (χ3v) is 5.80. The van der Waals surface area contributed by atoms with Crippen LogP contribution in [-0.4, -0.2) is 43.5 Å². The summed E-state index contributed by atoms with van der Waals surface area (Å²) in [5.41, 5.74) is 1.08. The second kappa shape index (κ2) is 8.36. The molecule has 6 heteroatoms. The Kier molecular flexibility index (Phi) is 5.93. The van der Waals surface area contributed by atoms with Crippen LogP contribution in [-0.2, 0) is 4.79 Å². The molecular weight excluding hydrogens is 348 g/mol. The maximum absolute atomic E-state index is 13.0. The third kappa shape index (κ3) is 3.90. The fourth-order valence-corrected chi connectivity index (χ4v) is 4.30. The summed E-state index contributed by atoms with van der Waals surface area (Å²) in [6.07, 6.45) is 1.40. The van der Waals surface area contributed by atoms with Crippen molar-refractivity contribution in [1.29, 1.82) is 0 Å². The zero-order chi connectivity index (χ0) is 18.5. The lowest BCUT2D eigenvalue weighted by Gasteiger charge is -2.31. The van der Waals surface area contributed by atoms with Crippen molar-refractivity contribution < 1.29 is 14.3 Å². The lowest BCUT2D eigenvalue weighted by atomic mass is 9.96. The van der Waals surface area contributed by atoms with Crippen LogP contribution >= 0.6 is 11.3 Å². The van der Waals surface area contributed by atoms with Crippen LogP contribution in [0.15, 0.2) is 36.4 Å². The smallest absolute Gasteiger partial charge is 0.267 e. The predicted octanol–water partition coefficient (Wildman–Crippen LogP) is 3.41. The molecule has 0 unspecified atom stereocenters. The lowest BCUT2D eigenvalue weighted by Crippen LogP contribution is -2.42. The number of nitrogens with zero attached hydrogens (tertiary/aromatic N) is 1. The maximum atomic E-state index is 13.0. The fourth-order valence-electron chi connectivity index (χ4n) is 3.22. The Labute approximate surface area is 158 Å². The average Bonchev–Trinajstić information content (AvgIpc) is 3.12. The van der Waals surface area contributed by atoms with Crippen molar-refractivity contribution in [1.82, 2.24) is 10.2 Å². The Balaban J connectivity index is 1.78. The number of benzene rings is 1. The Morgan fingerprint density at radius 3 is 2.54 bits per heavy atom. The molecule has 0 atom stereocenters. The van der Waals surface area contributed by atoms with Crippen molar-refractivity contribution in [3.63, 3.8) is 0 Å². The minimum atomic E-state index is -0.00372. The summed E-state index contributed by atoms with van der Waals surface area (Å²) in [6.45, 7) is 3.63. The molecule has 1 aliphatic rings. The molecular formula is C20H24N2O3S. The molecule has 1 saturated heterocycles. The van der Waals surface area contributed by atoms with Crippen LogP contribution in [0.25, 0.3) is 10.4 Å². The van der Waals surface area contributed by atoms with Crippen molar-refractivity contribution in [2.75, 3.05) is 26.7 Å². The van der Waals surface area contributed by atoms with Gasteiger partial charge in [-0.05, 0) is 31.4 Å². The van der Waals surface area contributed by atoms with Gasteiger partial charge in [-0.1, -0.05) is 30.3 Å². The molecule has 1 N–H and O–H groups in total. The zero-order valence-electron chi connectivity index (χ0n) is 15.2. The molecule has 3 rings (SSSR count). The molecule has 1 aromatic carbocycles. The number of carbonyl (C=O) groups is 2. The van der Waals surface area contributed by atoms with Gasteiger partial charge in [0.25, 0.3) is 5.91 Å². The van der Waals surface area contributed by atoms with E-state index in [0.717, 1.165) is 10.4 Å². The topological polar surface area (TPSA) is 58.6 Å². The van der Waals surface area contributed by atoms with E-state index < -0.39 is 0 Å². The van der Waals surface area contributed by atoms with Gasteiger partial charge < -0.3 is 15.0 Å². The van der Waals surface area contributed by atoms with Crippen molar-refractivity contribution in [3.05, 3.63) is 41.3 Å². The molecule has 2 heterocycles. The number of hydrogen-bond donors (Lipinski definition) is 1. The summed E-state index contributed by atoms with van der Waals surface area (Å²) in [5.74, 6) is 0.707. The maximum Gasteiger partial charge on any atom is 0.267 e. The molecule has 1 fully saturated rings. The van der Waals surface area contributed by atoms with Crippen LogP contribution in [0.4, 0.5) is 0 Å². The fraction of sp³-hybridized carbons (Fsp3) is 0.400. The zero-order valence-corrected chi connectivity index (χ0v) is 16.0. The Hall–Kier alpha value is -2.34. The molecule has 1 aliphatic heterocycles. The van der Waals surface area contributed by atoms with E-state index in [0.29, 0.717) is 43.2 Å². The average molecular weight is 372 g/mol. The van der Waals surface area contributed by atoms with Gasteiger partial charge in [0.05, 0.1) is 6.61 Å². The molecule has 0 aliphatic carbocycles. The minimum absolute atomic E-state index is 0.00127. The van der Waals surface area contributed by atoms with E-state index in [4.69, 9.17) is 4.74 Å². The molecule has 0 saturated carbocycles. The van der Waals surface area contributed by atoms with E-state index in [1.54, 1.807) is 7.05 Å². The lowest BCUT2D eigenvalue weighted by molar-refractivity contribution is -0.125. The standard InChI is InChI=1S/C20H24N2O3S/c1-3-25-16-13-17(14-7-5-4-6-8-14)26-18(16)20(24)22-11-9-15(10-12-22)19(23)21-2/h4-8,13,15H,3,9-12H2,1-2H3,(H,21,23). The Morgan fingerprint density at radius 1 is 1.23 bits per heavy atom. The number of hydrogen-bond acceptors (Lipinski definition) is 4.